The van der Waals surface area contributed by atoms with Crippen molar-refractivity contribution in [2.24, 2.45) is 5.92 Å². The Labute approximate surface area is 222 Å². The number of carbonyl (C=O) groups excluding carboxylic acids is 1. The molecular formula is C29H34N4O5. The van der Waals surface area contributed by atoms with Crippen LogP contribution in [-0.4, -0.2) is 74.6 Å². The van der Waals surface area contributed by atoms with E-state index in [1.807, 2.05) is 47.4 Å². The van der Waals surface area contributed by atoms with Gasteiger partial charge in [-0.1, -0.05) is 42.5 Å². The van der Waals surface area contributed by atoms with Gasteiger partial charge in [0.2, 0.25) is 5.91 Å². The number of hydrogen-bond acceptors (Lipinski definition) is 7. The summed E-state index contributed by atoms with van der Waals surface area (Å²) in [4.78, 5) is 29.7. The Morgan fingerprint density at radius 2 is 1.74 bits per heavy atom. The number of nitrogens with one attached hydrogen (secondary N) is 1. The van der Waals surface area contributed by atoms with Crippen molar-refractivity contribution in [3.8, 4) is 5.75 Å². The predicted molar refractivity (Wildman–Crippen MR) is 143 cm³/mol. The first kappa shape index (κ1) is 25.9. The van der Waals surface area contributed by atoms with Gasteiger partial charge in [0.05, 0.1) is 19.6 Å². The molecule has 0 bridgehead atoms. The molecule has 9 heteroatoms. The van der Waals surface area contributed by atoms with Crippen LogP contribution in [0.15, 0.2) is 71.5 Å². The monoisotopic (exact) mass is 518 g/mol. The third-order valence-electron chi connectivity index (χ3n) is 8.05. The summed E-state index contributed by atoms with van der Waals surface area (Å²) in [5, 5.41) is 6.73. The van der Waals surface area contributed by atoms with Crippen molar-refractivity contribution in [1.29, 1.82) is 0 Å². The highest BCUT2D eigenvalue weighted by Crippen LogP contribution is 2.41. The minimum absolute atomic E-state index is 0.0497. The van der Waals surface area contributed by atoms with Crippen LogP contribution >= 0.6 is 0 Å². The van der Waals surface area contributed by atoms with Crippen molar-refractivity contribution in [3.63, 3.8) is 0 Å². The highest BCUT2D eigenvalue weighted by molar-refractivity contribution is 5.82. The van der Waals surface area contributed by atoms with Crippen molar-refractivity contribution in [3.05, 3.63) is 88.2 Å². The molecule has 3 aromatic rings. The largest absolute Gasteiger partial charge is 0.497 e. The number of amides is 1. The van der Waals surface area contributed by atoms with Crippen LogP contribution in [0.1, 0.15) is 23.5 Å². The molecule has 1 amide bonds. The lowest BCUT2D eigenvalue weighted by molar-refractivity contribution is -0.170. The highest BCUT2D eigenvalue weighted by atomic mass is 16.5. The normalized spacial score (nSPS) is 25.4. The van der Waals surface area contributed by atoms with Crippen LogP contribution in [0.2, 0.25) is 0 Å². The Kier molecular flexibility index (Phi) is 7.49. The lowest BCUT2D eigenvalue weighted by Gasteiger charge is -2.47. The number of anilines is 1. The quantitative estimate of drug-likeness (QED) is 0.514. The molecule has 0 unspecified atom stereocenters. The van der Waals surface area contributed by atoms with Crippen LogP contribution < -0.4 is 15.2 Å². The number of piperidine rings is 1. The number of aromatic nitrogens is 2. The van der Waals surface area contributed by atoms with E-state index < -0.39 is 5.60 Å². The molecule has 2 fully saturated rings. The van der Waals surface area contributed by atoms with E-state index in [2.05, 4.69) is 27.2 Å². The topological polar surface area (TPSA) is 97.0 Å². The SMILES string of the molecule is COc1ccc([C@@H]2CN(c3ccc(=O)[nH]n3)C[C@H]2C(=O)N2CC[C@](OC)(c3ccccc3)[C@@H](OC)C2)cc1. The first-order valence-corrected chi connectivity index (χ1v) is 12.9. The molecule has 2 aromatic carbocycles. The first-order valence-electron chi connectivity index (χ1n) is 12.9. The summed E-state index contributed by atoms with van der Waals surface area (Å²) < 4.78 is 17.4. The molecule has 3 heterocycles. The van der Waals surface area contributed by atoms with Gasteiger partial charge in [-0.2, -0.15) is 5.10 Å². The number of H-pyrrole nitrogens is 1. The van der Waals surface area contributed by atoms with Crippen molar-refractivity contribution in [2.75, 3.05) is 52.4 Å². The second-order valence-corrected chi connectivity index (χ2v) is 9.89. The number of methoxy groups -OCH3 is 3. The smallest absolute Gasteiger partial charge is 0.264 e. The Bertz CT molecular complexity index is 1280. The molecule has 0 radical (unpaired) electrons. The number of carbonyl (C=O) groups is 1. The van der Waals surface area contributed by atoms with E-state index in [0.29, 0.717) is 38.4 Å². The molecule has 38 heavy (non-hydrogen) atoms. The zero-order chi connectivity index (χ0) is 26.7. The number of likely N-dealkylation sites (tertiary alicyclic amines) is 1. The van der Waals surface area contributed by atoms with Crippen LogP contribution in [0, 0.1) is 5.92 Å². The molecular weight excluding hydrogens is 484 g/mol. The zero-order valence-corrected chi connectivity index (χ0v) is 22.0. The minimum Gasteiger partial charge on any atom is -0.497 e. The maximum absolute atomic E-state index is 14.1. The van der Waals surface area contributed by atoms with Gasteiger partial charge < -0.3 is 24.0 Å². The molecule has 1 N–H and O–H groups in total. The molecule has 2 aliphatic rings. The number of rotatable bonds is 7. The van der Waals surface area contributed by atoms with Gasteiger partial charge in [0.15, 0.2) is 0 Å². The van der Waals surface area contributed by atoms with Gasteiger partial charge in [0.1, 0.15) is 23.3 Å². The molecule has 1 aromatic heterocycles. The standard InChI is InChI=1S/C29H34N4O5/c1-36-22-11-9-20(10-12-22)23-17-33(26-13-14-27(34)31-30-26)18-24(23)28(35)32-16-15-29(38-3,25(19-32)37-2)21-7-5-4-6-8-21/h4-14,23-25H,15-19H2,1-3H3,(H,31,34)/t23-,24+,25-,29-/m0/s1. The lowest BCUT2D eigenvalue weighted by atomic mass is 9.80. The minimum atomic E-state index is -0.621. The maximum atomic E-state index is 14.1. The summed E-state index contributed by atoms with van der Waals surface area (Å²) in [6.45, 7) is 2.09. The number of hydrogen-bond donors (Lipinski definition) is 1. The number of nitrogens with zero attached hydrogens (tertiary/aromatic N) is 3. The van der Waals surface area contributed by atoms with Gasteiger partial charge >= 0.3 is 0 Å². The molecule has 5 rings (SSSR count). The second-order valence-electron chi connectivity index (χ2n) is 9.89. The second kappa shape index (κ2) is 11.0. The van der Waals surface area contributed by atoms with Gasteiger partial charge in [0, 0.05) is 52.3 Å². The average Bonchev–Trinajstić information content (AvgIpc) is 3.42. The third-order valence-corrected chi connectivity index (χ3v) is 8.05. The summed E-state index contributed by atoms with van der Waals surface area (Å²) in [5.41, 5.74) is 1.23. The average molecular weight is 519 g/mol. The third kappa shape index (κ3) is 4.79. The van der Waals surface area contributed by atoms with E-state index in [4.69, 9.17) is 14.2 Å². The van der Waals surface area contributed by atoms with Crippen LogP contribution in [0.3, 0.4) is 0 Å². The van der Waals surface area contributed by atoms with Gasteiger partial charge in [-0.05, 0) is 29.3 Å². The molecule has 0 aliphatic carbocycles. The molecule has 2 aliphatic heterocycles. The van der Waals surface area contributed by atoms with E-state index in [0.717, 1.165) is 16.9 Å². The molecule has 200 valence electrons. The highest BCUT2D eigenvalue weighted by Gasteiger charge is 2.49. The summed E-state index contributed by atoms with van der Waals surface area (Å²) in [5.74, 6) is 1.16. The predicted octanol–water partition coefficient (Wildman–Crippen LogP) is 2.79. The van der Waals surface area contributed by atoms with Crippen molar-refractivity contribution in [2.45, 2.75) is 24.0 Å². The van der Waals surface area contributed by atoms with Gasteiger partial charge in [0.25, 0.3) is 5.56 Å². The van der Waals surface area contributed by atoms with Crippen LogP contribution in [-0.2, 0) is 19.9 Å². The van der Waals surface area contributed by atoms with Crippen molar-refractivity contribution < 1.29 is 19.0 Å². The fourth-order valence-corrected chi connectivity index (χ4v) is 5.95. The molecule has 0 spiro atoms. The van der Waals surface area contributed by atoms with E-state index in [1.54, 1.807) is 27.4 Å². The van der Waals surface area contributed by atoms with Crippen LogP contribution in [0.25, 0.3) is 0 Å². The van der Waals surface area contributed by atoms with Crippen LogP contribution in [0.4, 0.5) is 5.82 Å². The van der Waals surface area contributed by atoms with E-state index in [-0.39, 0.29) is 29.4 Å². The summed E-state index contributed by atoms with van der Waals surface area (Å²) in [6, 6.07) is 21.1. The van der Waals surface area contributed by atoms with Gasteiger partial charge in [-0.25, -0.2) is 5.10 Å². The fraction of sp³-hybridized carbons (Fsp3) is 0.414. The van der Waals surface area contributed by atoms with Crippen LogP contribution in [0.5, 0.6) is 5.75 Å². The number of ether oxygens (including phenoxy) is 3. The molecule has 0 saturated carbocycles. The molecule has 9 nitrogen and oxygen atoms in total. The lowest BCUT2D eigenvalue weighted by Crippen LogP contribution is -2.57. The Balaban J connectivity index is 1.41. The Hall–Kier alpha value is -3.69. The zero-order valence-electron chi connectivity index (χ0n) is 22.0. The summed E-state index contributed by atoms with van der Waals surface area (Å²) in [6.07, 6.45) is 0.313. The summed E-state index contributed by atoms with van der Waals surface area (Å²) in [7, 11) is 5.02. The molecule has 4 atom stereocenters. The van der Waals surface area contributed by atoms with Crippen molar-refractivity contribution >= 4 is 11.7 Å². The molecule has 2 saturated heterocycles. The van der Waals surface area contributed by atoms with Crippen molar-refractivity contribution in [1.82, 2.24) is 15.1 Å². The first-order chi connectivity index (χ1) is 18.5. The summed E-state index contributed by atoms with van der Waals surface area (Å²) >= 11 is 0. The van der Waals surface area contributed by atoms with E-state index >= 15 is 0 Å². The Morgan fingerprint density at radius 1 is 0.974 bits per heavy atom. The fourth-order valence-electron chi connectivity index (χ4n) is 5.95. The Morgan fingerprint density at radius 3 is 2.37 bits per heavy atom. The number of aromatic amines is 1. The maximum Gasteiger partial charge on any atom is 0.264 e. The van der Waals surface area contributed by atoms with Gasteiger partial charge in [-0.3, -0.25) is 9.59 Å². The van der Waals surface area contributed by atoms with E-state index in [9.17, 15) is 9.59 Å². The van der Waals surface area contributed by atoms with Gasteiger partial charge in [-0.15, -0.1) is 0 Å². The number of benzene rings is 2. The van der Waals surface area contributed by atoms with E-state index in [1.165, 1.54) is 6.07 Å².